The maximum Gasteiger partial charge on any atom is 0.244 e. The van der Waals surface area contributed by atoms with Gasteiger partial charge in [-0.2, -0.15) is 10.1 Å². The number of rotatable bonds is 7. The molecule has 1 heterocycles. The standard InChI is InChI=1S/C18H22FN5/c19-16-8-6-15(7-9-16)12-21-18-23-17(13-22-24-18)20-11-10-14-4-2-1-3-5-14/h4,6-9,13H,1-3,5,10-12H2,(H2,20,21,23,24). The van der Waals surface area contributed by atoms with E-state index in [0.29, 0.717) is 18.3 Å². The zero-order chi connectivity index (χ0) is 16.6. The summed E-state index contributed by atoms with van der Waals surface area (Å²) >= 11 is 0. The van der Waals surface area contributed by atoms with Crippen molar-refractivity contribution in [1.29, 1.82) is 0 Å². The number of benzene rings is 1. The smallest absolute Gasteiger partial charge is 0.244 e. The molecule has 0 saturated carbocycles. The van der Waals surface area contributed by atoms with Crippen molar-refractivity contribution in [2.45, 2.75) is 38.6 Å². The Bertz CT molecular complexity index is 684. The first-order chi connectivity index (χ1) is 11.8. The van der Waals surface area contributed by atoms with E-state index in [0.717, 1.165) is 18.5 Å². The van der Waals surface area contributed by atoms with Gasteiger partial charge in [0.15, 0.2) is 5.82 Å². The second-order valence-corrected chi connectivity index (χ2v) is 5.93. The maximum atomic E-state index is 12.9. The molecule has 0 atom stereocenters. The summed E-state index contributed by atoms with van der Waals surface area (Å²) in [7, 11) is 0. The molecule has 1 aliphatic carbocycles. The third kappa shape index (κ3) is 5.01. The molecule has 0 saturated heterocycles. The lowest BCUT2D eigenvalue weighted by molar-refractivity contribution is 0.627. The molecule has 2 aromatic rings. The number of anilines is 2. The highest BCUT2D eigenvalue weighted by atomic mass is 19.1. The predicted molar refractivity (Wildman–Crippen MR) is 93.2 cm³/mol. The number of nitrogens with zero attached hydrogens (tertiary/aromatic N) is 3. The summed E-state index contributed by atoms with van der Waals surface area (Å²) in [4.78, 5) is 4.40. The van der Waals surface area contributed by atoms with Gasteiger partial charge < -0.3 is 10.6 Å². The summed E-state index contributed by atoms with van der Waals surface area (Å²) < 4.78 is 12.9. The Hall–Kier alpha value is -2.50. The van der Waals surface area contributed by atoms with Crippen LogP contribution in [0.15, 0.2) is 42.1 Å². The van der Waals surface area contributed by atoms with Crippen LogP contribution in [0.1, 0.15) is 37.7 Å². The first-order valence-corrected chi connectivity index (χ1v) is 8.39. The van der Waals surface area contributed by atoms with Crippen molar-refractivity contribution >= 4 is 11.8 Å². The molecule has 1 aromatic heterocycles. The van der Waals surface area contributed by atoms with E-state index in [4.69, 9.17) is 0 Å². The van der Waals surface area contributed by atoms with Gasteiger partial charge in [0.2, 0.25) is 5.95 Å². The van der Waals surface area contributed by atoms with Crippen molar-refractivity contribution in [2.75, 3.05) is 17.2 Å². The summed E-state index contributed by atoms with van der Waals surface area (Å²) in [6, 6.07) is 6.34. The normalized spacial score (nSPS) is 14.1. The van der Waals surface area contributed by atoms with E-state index in [-0.39, 0.29) is 5.82 Å². The number of halogens is 1. The maximum absolute atomic E-state index is 12.9. The van der Waals surface area contributed by atoms with E-state index < -0.39 is 0 Å². The molecular formula is C18H22FN5. The molecule has 2 N–H and O–H groups in total. The molecular weight excluding hydrogens is 305 g/mol. The van der Waals surface area contributed by atoms with Crippen molar-refractivity contribution in [3.8, 4) is 0 Å². The molecule has 0 unspecified atom stereocenters. The summed E-state index contributed by atoms with van der Waals surface area (Å²) in [5, 5.41) is 14.3. The van der Waals surface area contributed by atoms with Crippen molar-refractivity contribution in [1.82, 2.24) is 15.2 Å². The molecule has 0 aliphatic heterocycles. The van der Waals surface area contributed by atoms with Crippen molar-refractivity contribution in [3.05, 3.63) is 53.5 Å². The minimum Gasteiger partial charge on any atom is -0.368 e. The van der Waals surface area contributed by atoms with Crippen LogP contribution in [-0.2, 0) is 6.54 Å². The van der Waals surface area contributed by atoms with E-state index in [1.54, 1.807) is 18.3 Å². The topological polar surface area (TPSA) is 62.7 Å². The fraction of sp³-hybridized carbons (Fsp3) is 0.389. The number of nitrogens with one attached hydrogen (secondary N) is 2. The Kier molecular flexibility index (Phi) is 5.71. The molecule has 1 aromatic carbocycles. The second-order valence-electron chi connectivity index (χ2n) is 5.93. The van der Waals surface area contributed by atoms with Crippen LogP contribution >= 0.6 is 0 Å². The van der Waals surface area contributed by atoms with E-state index in [9.17, 15) is 4.39 Å². The van der Waals surface area contributed by atoms with Gasteiger partial charge in [0.1, 0.15) is 5.82 Å². The quantitative estimate of drug-likeness (QED) is 0.755. The van der Waals surface area contributed by atoms with E-state index in [1.807, 2.05) is 0 Å². The Morgan fingerprint density at radius 1 is 1.08 bits per heavy atom. The summed E-state index contributed by atoms with van der Waals surface area (Å²) in [6.07, 6.45) is 10.1. The number of hydrogen-bond donors (Lipinski definition) is 2. The van der Waals surface area contributed by atoms with Crippen LogP contribution in [-0.4, -0.2) is 21.7 Å². The van der Waals surface area contributed by atoms with Crippen molar-refractivity contribution in [3.63, 3.8) is 0 Å². The molecule has 3 rings (SSSR count). The highest BCUT2D eigenvalue weighted by molar-refractivity contribution is 5.37. The van der Waals surface area contributed by atoms with Crippen LogP contribution in [0.2, 0.25) is 0 Å². The second kappa shape index (κ2) is 8.38. The molecule has 5 nitrogen and oxygen atoms in total. The zero-order valence-electron chi connectivity index (χ0n) is 13.6. The van der Waals surface area contributed by atoms with E-state index in [1.165, 1.54) is 43.4 Å². The van der Waals surface area contributed by atoms with Crippen LogP contribution in [0.5, 0.6) is 0 Å². The Labute approximate surface area is 141 Å². The van der Waals surface area contributed by atoms with Gasteiger partial charge in [0, 0.05) is 13.1 Å². The average Bonchev–Trinajstić information content (AvgIpc) is 2.63. The Morgan fingerprint density at radius 2 is 1.96 bits per heavy atom. The first-order valence-electron chi connectivity index (χ1n) is 8.39. The molecule has 0 amide bonds. The summed E-state index contributed by atoms with van der Waals surface area (Å²) in [5.74, 6) is 0.931. The van der Waals surface area contributed by atoms with Crippen LogP contribution < -0.4 is 10.6 Å². The van der Waals surface area contributed by atoms with Crippen LogP contribution in [0.3, 0.4) is 0 Å². The van der Waals surface area contributed by atoms with Crippen molar-refractivity contribution in [2.24, 2.45) is 0 Å². The molecule has 0 radical (unpaired) electrons. The fourth-order valence-corrected chi connectivity index (χ4v) is 2.73. The van der Waals surface area contributed by atoms with Gasteiger partial charge in [-0.3, -0.25) is 0 Å². The first kappa shape index (κ1) is 16.4. The molecule has 126 valence electrons. The van der Waals surface area contributed by atoms with Gasteiger partial charge in [-0.15, -0.1) is 5.10 Å². The molecule has 0 fully saturated rings. The third-order valence-electron chi connectivity index (χ3n) is 4.06. The zero-order valence-corrected chi connectivity index (χ0v) is 13.6. The molecule has 6 heteroatoms. The highest BCUT2D eigenvalue weighted by Crippen LogP contribution is 2.19. The van der Waals surface area contributed by atoms with E-state index in [2.05, 4.69) is 31.9 Å². The van der Waals surface area contributed by atoms with Gasteiger partial charge in [0.05, 0.1) is 6.20 Å². The van der Waals surface area contributed by atoms with Gasteiger partial charge in [-0.1, -0.05) is 23.8 Å². The van der Waals surface area contributed by atoms with Gasteiger partial charge >= 0.3 is 0 Å². The van der Waals surface area contributed by atoms with Crippen molar-refractivity contribution < 1.29 is 4.39 Å². The predicted octanol–water partition coefficient (Wildman–Crippen LogP) is 3.93. The minimum atomic E-state index is -0.240. The van der Waals surface area contributed by atoms with Gasteiger partial charge in [0.25, 0.3) is 0 Å². The average molecular weight is 327 g/mol. The third-order valence-corrected chi connectivity index (χ3v) is 4.06. The lowest BCUT2D eigenvalue weighted by Gasteiger charge is -2.13. The Balaban J connectivity index is 1.48. The molecule has 0 bridgehead atoms. The SMILES string of the molecule is Fc1ccc(CNc2nncc(NCCC3=CCCCC3)n2)cc1. The largest absolute Gasteiger partial charge is 0.368 e. The van der Waals surface area contributed by atoms with Crippen LogP contribution in [0.4, 0.5) is 16.2 Å². The monoisotopic (exact) mass is 327 g/mol. The molecule has 24 heavy (non-hydrogen) atoms. The molecule has 0 spiro atoms. The Morgan fingerprint density at radius 3 is 2.75 bits per heavy atom. The number of allylic oxidation sites excluding steroid dienone is 1. The van der Waals surface area contributed by atoms with Gasteiger partial charge in [-0.25, -0.2) is 4.39 Å². The summed E-state index contributed by atoms with van der Waals surface area (Å²) in [5.41, 5.74) is 2.49. The van der Waals surface area contributed by atoms with Crippen LogP contribution in [0, 0.1) is 5.82 Å². The highest BCUT2D eigenvalue weighted by Gasteiger charge is 2.04. The van der Waals surface area contributed by atoms with Crippen LogP contribution in [0.25, 0.3) is 0 Å². The van der Waals surface area contributed by atoms with E-state index >= 15 is 0 Å². The number of hydrogen-bond acceptors (Lipinski definition) is 5. The lowest BCUT2D eigenvalue weighted by Crippen LogP contribution is -2.09. The minimum absolute atomic E-state index is 0.240. The fourth-order valence-electron chi connectivity index (χ4n) is 2.73. The molecule has 1 aliphatic rings. The van der Waals surface area contributed by atoms with Gasteiger partial charge in [-0.05, 0) is 49.8 Å². The summed E-state index contributed by atoms with van der Waals surface area (Å²) in [6.45, 7) is 1.38. The lowest BCUT2D eigenvalue weighted by atomic mass is 9.97. The number of aromatic nitrogens is 3.